The van der Waals surface area contributed by atoms with Crippen molar-refractivity contribution in [3.05, 3.63) is 0 Å². The fourth-order valence-corrected chi connectivity index (χ4v) is 1.72. The van der Waals surface area contributed by atoms with Crippen LogP contribution < -0.4 is 0 Å². The lowest BCUT2D eigenvalue weighted by atomic mass is 9.62. The smallest absolute Gasteiger partial charge is 0.220 e. The maximum Gasteiger partial charge on any atom is 0.220 e. The Kier molecular flexibility index (Phi) is 2.17. The molecule has 0 aromatic carbocycles. The van der Waals surface area contributed by atoms with Crippen LogP contribution in [0.1, 0.15) is 20.3 Å². The number of nitrogens with zero attached hydrogens (tertiary/aromatic N) is 1. The van der Waals surface area contributed by atoms with Crippen LogP contribution >= 0.6 is 0 Å². The summed E-state index contributed by atoms with van der Waals surface area (Å²) >= 11 is 0. The van der Waals surface area contributed by atoms with Crippen molar-refractivity contribution in [2.45, 2.75) is 39.5 Å². The molecule has 9 heavy (non-hydrogen) atoms. The Bertz CT molecular complexity index is 92.9. The Balaban J connectivity index is 2.40. The van der Waals surface area contributed by atoms with E-state index in [9.17, 15) is 0 Å². The maximum absolute atomic E-state index is 2.57. The molecule has 1 nitrogen and oxygen atoms in total. The molecule has 52 valence electrons. The summed E-state index contributed by atoms with van der Waals surface area (Å²) in [5, 5.41) is 0. The van der Waals surface area contributed by atoms with E-state index in [-0.39, 0.29) is 0 Å². The highest BCUT2D eigenvalue weighted by Gasteiger charge is 2.25. The molecule has 0 saturated carbocycles. The SMILES string of the molecule is CB1CCCN1C(C)C. The van der Waals surface area contributed by atoms with Crippen molar-refractivity contribution in [2.24, 2.45) is 0 Å². The highest BCUT2D eigenvalue weighted by atomic mass is 15.1. The van der Waals surface area contributed by atoms with Gasteiger partial charge < -0.3 is 4.81 Å². The largest absolute Gasteiger partial charge is 0.340 e. The van der Waals surface area contributed by atoms with Crippen LogP contribution in [-0.4, -0.2) is 24.2 Å². The standard InChI is InChI=1S/C7H16BN/c1-7(2)9-6-4-5-8(9)3/h7H,4-6H2,1-3H3. The summed E-state index contributed by atoms with van der Waals surface area (Å²) in [5.41, 5.74) is 0. The van der Waals surface area contributed by atoms with Gasteiger partial charge in [-0.3, -0.25) is 0 Å². The normalized spacial score (nSPS) is 22.0. The quantitative estimate of drug-likeness (QED) is 0.482. The van der Waals surface area contributed by atoms with E-state index in [1.54, 1.807) is 0 Å². The summed E-state index contributed by atoms with van der Waals surface area (Å²) in [6, 6.07) is 0.752. The van der Waals surface area contributed by atoms with Crippen molar-refractivity contribution in [1.82, 2.24) is 4.81 Å². The van der Waals surface area contributed by atoms with Gasteiger partial charge in [0.1, 0.15) is 0 Å². The molecule has 1 aliphatic rings. The molecular formula is C7H16BN. The van der Waals surface area contributed by atoms with Crippen molar-refractivity contribution in [1.29, 1.82) is 0 Å². The first-order valence-electron chi connectivity index (χ1n) is 3.97. The molecule has 0 spiro atoms. The number of hydrogen-bond donors (Lipinski definition) is 0. The van der Waals surface area contributed by atoms with Crippen LogP contribution in [0.5, 0.6) is 0 Å². The summed E-state index contributed by atoms with van der Waals surface area (Å²) in [7, 11) is 0. The van der Waals surface area contributed by atoms with Gasteiger partial charge in [-0.1, -0.05) is 27.0 Å². The highest BCUT2D eigenvalue weighted by Crippen LogP contribution is 2.16. The molecule has 0 atom stereocenters. The molecule has 1 saturated heterocycles. The zero-order chi connectivity index (χ0) is 6.85. The molecule has 0 bridgehead atoms. The Labute approximate surface area is 58.5 Å². The molecule has 0 unspecified atom stereocenters. The van der Waals surface area contributed by atoms with Crippen LogP contribution in [0.3, 0.4) is 0 Å². The average molecular weight is 125 g/mol. The van der Waals surface area contributed by atoms with Crippen molar-refractivity contribution in [3.8, 4) is 0 Å². The van der Waals surface area contributed by atoms with E-state index in [0.29, 0.717) is 0 Å². The van der Waals surface area contributed by atoms with Gasteiger partial charge in [0, 0.05) is 0 Å². The predicted octanol–water partition coefficient (Wildman–Crippen LogP) is 1.72. The summed E-state index contributed by atoms with van der Waals surface area (Å²) in [4.78, 5) is 2.57. The lowest BCUT2D eigenvalue weighted by molar-refractivity contribution is 0.390. The van der Waals surface area contributed by atoms with Gasteiger partial charge in [-0.05, 0) is 19.0 Å². The van der Waals surface area contributed by atoms with Crippen LogP contribution in [0.2, 0.25) is 13.1 Å². The highest BCUT2D eigenvalue weighted by molar-refractivity contribution is 6.55. The van der Waals surface area contributed by atoms with Crippen LogP contribution in [0, 0.1) is 0 Å². The molecule has 0 amide bonds. The first-order chi connectivity index (χ1) is 4.22. The van der Waals surface area contributed by atoms with Gasteiger partial charge in [-0.25, -0.2) is 0 Å². The molecule has 0 aliphatic carbocycles. The van der Waals surface area contributed by atoms with E-state index in [4.69, 9.17) is 0 Å². The monoisotopic (exact) mass is 125 g/mol. The van der Waals surface area contributed by atoms with Crippen molar-refractivity contribution in [3.63, 3.8) is 0 Å². The average Bonchev–Trinajstić information content (AvgIpc) is 2.13. The van der Waals surface area contributed by atoms with Gasteiger partial charge >= 0.3 is 0 Å². The Morgan fingerprint density at radius 2 is 2.11 bits per heavy atom. The fourth-order valence-electron chi connectivity index (χ4n) is 1.72. The third-order valence-corrected chi connectivity index (χ3v) is 2.27. The van der Waals surface area contributed by atoms with Gasteiger partial charge in [-0.15, -0.1) is 0 Å². The zero-order valence-corrected chi connectivity index (χ0v) is 6.72. The fraction of sp³-hybridized carbons (Fsp3) is 1.00. The molecule has 1 fully saturated rings. The number of hydrogen-bond acceptors (Lipinski definition) is 1. The molecule has 0 radical (unpaired) electrons. The molecule has 1 aliphatic heterocycles. The predicted molar refractivity (Wildman–Crippen MR) is 42.9 cm³/mol. The van der Waals surface area contributed by atoms with Crippen LogP contribution in [0.15, 0.2) is 0 Å². The summed E-state index contributed by atoms with van der Waals surface area (Å²) in [5.74, 6) is 0. The summed E-state index contributed by atoms with van der Waals surface area (Å²) in [6.07, 6.45) is 2.80. The van der Waals surface area contributed by atoms with E-state index >= 15 is 0 Å². The molecule has 1 heterocycles. The second-order valence-electron chi connectivity index (χ2n) is 3.32. The second kappa shape index (κ2) is 2.74. The van der Waals surface area contributed by atoms with E-state index in [1.165, 1.54) is 19.3 Å². The van der Waals surface area contributed by atoms with E-state index < -0.39 is 0 Å². The van der Waals surface area contributed by atoms with Crippen molar-refractivity contribution >= 4 is 6.85 Å². The van der Waals surface area contributed by atoms with Gasteiger partial charge in [-0.2, -0.15) is 0 Å². The molecule has 1 rings (SSSR count). The Morgan fingerprint density at radius 3 is 2.33 bits per heavy atom. The Hall–Kier alpha value is 0.0249. The lowest BCUT2D eigenvalue weighted by Crippen LogP contribution is -2.36. The third-order valence-electron chi connectivity index (χ3n) is 2.27. The van der Waals surface area contributed by atoms with E-state index in [0.717, 1.165) is 12.9 Å². The Morgan fingerprint density at radius 1 is 1.44 bits per heavy atom. The lowest BCUT2D eigenvalue weighted by Gasteiger charge is -2.23. The summed E-state index contributed by atoms with van der Waals surface area (Å²) in [6.45, 7) is 9.04. The maximum atomic E-state index is 2.57. The molecule has 0 aromatic rings. The van der Waals surface area contributed by atoms with Crippen LogP contribution in [-0.2, 0) is 0 Å². The van der Waals surface area contributed by atoms with E-state index in [2.05, 4.69) is 25.5 Å². The third kappa shape index (κ3) is 1.48. The zero-order valence-electron chi connectivity index (χ0n) is 6.72. The molecule has 0 N–H and O–H groups in total. The first kappa shape index (κ1) is 7.14. The second-order valence-corrected chi connectivity index (χ2v) is 3.32. The van der Waals surface area contributed by atoms with E-state index in [1.807, 2.05) is 0 Å². The van der Waals surface area contributed by atoms with Gasteiger partial charge in [0.05, 0.1) is 0 Å². The topological polar surface area (TPSA) is 3.24 Å². The minimum atomic E-state index is 0.752. The minimum absolute atomic E-state index is 0.752. The van der Waals surface area contributed by atoms with Gasteiger partial charge in [0.15, 0.2) is 0 Å². The van der Waals surface area contributed by atoms with Crippen LogP contribution in [0.4, 0.5) is 0 Å². The molecule has 2 heteroatoms. The summed E-state index contributed by atoms with van der Waals surface area (Å²) < 4.78 is 0. The minimum Gasteiger partial charge on any atom is -0.340 e. The van der Waals surface area contributed by atoms with Crippen molar-refractivity contribution < 1.29 is 0 Å². The first-order valence-corrected chi connectivity index (χ1v) is 3.97. The molecule has 0 aromatic heterocycles. The van der Waals surface area contributed by atoms with Crippen molar-refractivity contribution in [2.75, 3.05) is 6.54 Å². The number of rotatable bonds is 1. The van der Waals surface area contributed by atoms with Gasteiger partial charge in [0.25, 0.3) is 0 Å². The van der Waals surface area contributed by atoms with Crippen LogP contribution in [0.25, 0.3) is 0 Å². The van der Waals surface area contributed by atoms with Gasteiger partial charge in [0.2, 0.25) is 6.85 Å². The molecular weight excluding hydrogens is 109 g/mol.